The summed E-state index contributed by atoms with van der Waals surface area (Å²) in [6, 6.07) is 22.1. The summed E-state index contributed by atoms with van der Waals surface area (Å²) in [5.41, 5.74) is -0.396. The van der Waals surface area contributed by atoms with Crippen LogP contribution in [0, 0.1) is 0 Å². The average molecular weight is 863 g/mol. The molecule has 0 atom stereocenters. The van der Waals surface area contributed by atoms with Gasteiger partial charge < -0.3 is 80.6 Å². The smallest absolute Gasteiger partial charge is 0.206 e. The van der Waals surface area contributed by atoms with Crippen LogP contribution in [0.5, 0.6) is 80.5 Å². The van der Waals surface area contributed by atoms with E-state index in [-0.39, 0.29) is 11.4 Å². The van der Waals surface area contributed by atoms with E-state index in [4.69, 9.17) is 0 Å². The number of hydrogen-bond acceptors (Lipinski definition) is 14. The van der Waals surface area contributed by atoms with Crippen molar-refractivity contribution in [2.45, 2.75) is 12.8 Å². The second-order valence-corrected chi connectivity index (χ2v) is 15.3. The van der Waals surface area contributed by atoms with E-state index in [2.05, 4.69) is 0 Å². The molecule has 1 aliphatic carbocycles. The molecular weight excluding hydrogens is 829 g/mol. The van der Waals surface area contributed by atoms with Gasteiger partial charge in [0.2, 0.25) is 23.0 Å². The van der Waals surface area contributed by atoms with Crippen molar-refractivity contribution in [1.82, 2.24) is 9.13 Å². The molecule has 9 aromatic rings. The van der Waals surface area contributed by atoms with Crippen molar-refractivity contribution in [2.75, 3.05) is 0 Å². The number of rotatable bonds is 5. The Morgan fingerprint density at radius 2 is 0.688 bits per heavy atom. The summed E-state index contributed by atoms with van der Waals surface area (Å²) in [4.78, 5) is 0. The lowest BCUT2D eigenvalue weighted by Crippen LogP contribution is -1.97. The van der Waals surface area contributed by atoms with E-state index in [0.717, 1.165) is 44.2 Å². The summed E-state index contributed by atoms with van der Waals surface area (Å²) in [6.45, 7) is 0. The highest BCUT2D eigenvalue weighted by Gasteiger charge is 2.37. The molecule has 2 heterocycles. The second kappa shape index (κ2) is 13.7. The van der Waals surface area contributed by atoms with Gasteiger partial charge in [0.15, 0.2) is 46.0 Å². The lowest BCUT2D eigenvalue weighted by Gasteiger charge is -2.18. The summed E-state index contributed by atoms with van der Waals surface area (Å²) < 4.78 is 2.13. The monoisotopic (exact) mass is 862 g/mol. The topological polar surface area (TPSA) is 293 Å². The van der Waals surface area contributed by atoms with Gasteiger partial charge in [-0.25, -0.2) is 0 Å². The summed E-state index contributed by atoms with van der Waals surface area (Å²) in [7, 11) is 0. The summed E-state index contributed by atoms with van der Waals surface area (Å²) >= 11 is 0. The highest BCUT2D eigenvalue weighted by Crippen LogP contribution is 2.64. The fourth-order valence-corrected chi connectivity index (χ4v) is 8.90. The van der Waals surface area contributed by atoms with Gasteiger partial charge >= 0.3 is 0 Å². The Labute approximate surface area is 358 Å². The van der Waals surface area contributed by atoms with Gasteiger partial charge in [0.1, 0.15) is 33.6 Å². The van der Waals surface area contributed by atoms with Crippen LogP contribution >= 0.6 is 0 Å². The van der Waals surface area contributed by atoms with Crippen molar-refractivity contribution in [2.24, 2.45) is 0 Å². The molecule has 7 aromatic carbocycles. The van der Waals surface area contributed by atoms with Crippen molar-refractivity contribution in [3.63, 3.8) is 0 Å². The van der Waals surface area contributed by atoms with E-state index in [1.54, 1.807) is 36.4 Å². The molecule has 0 bridgehead atoms. The van der Waals surface area contributed by atoms with Gasteiger partial charge in [-0.3, -0.25) is 0 Å². The third-order valence-corrected chi connectivity index (χ3v) is 11.9. The first-order valence-electron chi connectivity index (χ1n) is 19.5. The van der Waals surface area contributed by atoms with Crippen LogP contribution in [0.4, 0.5) is 0 Å². The Bertz CT molecular complexity index is 3570. The lowest BCUT2D eigenvalue weighted by molar-refractivity contribution is 0.350. The van der Waals surface area contributed by atoms with Crippen LogP contribution < -0.4 is 0 Å². The Kier molecular flexibility index (Phi) is 8.33. The molecule has 0 radical (unpaired) electrons. The Morgan fingerprint density at radius 3 is 1.09 bits per heavy atom. The third-order valence-electron chi connectivity index (χ3n) is 11.9. The number of hydrogen-bond donors (Lipinski definition) is 14. The van der Waals surface area contributed by atoms with Gasteiger partial charge in [0.05, 0.1) is 32.7 Å². The Morgan fingerprint density at radius 1 is 0.328 bits per heavy atom. The Balaban J connectivity index is 1.30. The SMILES string of the molecule is Oc1c(O)c(O)c2c(c1O)c1c(O)c(-c3c(O)c(O)c4c(c3O)c3c(O)c(O)c(O)c(O)c3n4-c3ccc(-c4ccccc4)cc3)c(O)c(O)c1n2-c1ccc(C2=CC=CCC2)cc1. The molecular formula is C48H34N2O14. The minimum absolute atomic E-state index is 0.123. The third kappa shape index (κ3) is 5.10. The summed E-state index contributed by atoms with van der Waals surface area (Å²) in [6.07, 6.45) is 7.41. The highest BCUT2D eigenvalue weighted by molar-refractivity contribution is 6.25. The van der Waals surface area contributed by atoms with Crippen molar-refractivity contribution < 1.29 is 71.5 Å². The zero-order valence-electron chi connectivity index (χ0n) is 32.8. The minimum Gasteiger partial charge on any atom is -0.506 e. The number of nitrogens with zero attached hydrogens (tertiary/aromatic N) is 2. The molecule has 10 rings (SSSR count). The maximum absolute atomic E-state index is 12.3. The van der Waals surface area contributed by atoms with E-state index in [1.807, 2.05) is 48.6 Å². The molecule has 16 heteroatoms. The van der Waals surface area contributed by atoms with Crippen molar-refractivity contribution >= 4 is 49.2 Å². The van der Waals surface area contributed by atoms with Gasteiger partial charge in [-0.2, -0.15) is 0 Å². The first-order chi connectivity index (χ1) is 30.6. The first kappa shape index (κ1) is 39.0. The molecule has 0 saturated heterocycles. The zero-order chi connectivity index (χ0) is 45.2. The number of benzene rings is 7. The highest BCUT2D eigenvalue weighted by atomic mass is 16.4. The molecule has 0 amide bonds. The van der Waals surface area contributed by atoms with Crippen LogP contribution in [0.15, 0.2) is 97.1 Å². The maximum atomic E-state index is 12.3. The van der Waals surface area contributed by atoms with Crippen LogP contribution in [0.2, 0.25) is 0 Å². The predicted molar refractivity (Wildman–Crippen MR) is 236 cm³/mol. The quantitative estimate of drug-likeness (QED) is 0.0568. The van der Waals surface area contributed by atoms with E-state index >= 15 is 0 Å². The van der Waals surface area contributed by atoms with Gasteiger partial charge in [-0.05, 0) is 59.4 Å². The van der Waals surface area contributed by atoms with E-state index < -0.39 is 135 Å². The fourth-order valence-electron chi connectivity index (χ4n) is 8.90. The fraction of sp³-hybridized carbons (Fsp3) is 0.0417. The summed E-state index contributed by atoms with van der Waals surface area (Å²) in [5.74, 6) is -16.2. The van der Waals surface area contributed by atoms with Crippen LogP contribution in [0.25, 0.3) is 82.8 Å². The first-order valence-corrected chi connectivity index (χ1v) is 19.5. The van der Waals surface area contributed by atoms with E-state index in [0.29, 0.717) is 0 Å². The van der Waals surface area contributed by atoms with Gasteiger partial charge in [-0.1, -0.05) is 72.8 Å². The Hall–Kier alpha value is -9.18. The van der Waals surface area contributed by atoms with Crippen LogP contribution in [-0.4, -0.2) is 80.6 Å². The molecule has 14 N–H and O–H groups in total. The van der Waals surface area contributed by atoms with Crippen molar-refractivity contribution in [1.29, 1.82) is 0 Å². The number of phenols is 14. The maximum Gasteiger partial charge on any atom is 0.206 e. The van der Waals surface area contributed by atoms with Crippen molar-refractivity contribution in [3.8, 4) is 114 Å². The van der Waals surface area contributed by atoms with Crippen LogP contribution in [-0.2, 0) is 0 Å². The standard InChI is InChI=1S/C48H34N2O14/c51-35-25-27-33(43(59)47(63)45(61)37(27)53)49(23-15-11-21(12-16-23)19-7-3-1-4-8-19)31(25)41(57)39(55)29(35)30-36(52)26-28-34(44(60)48(64)46(62)38(28)54)50(32(26)42(58)40(30)56)24-17-13-22(14-18-24)20-9-5-2-6-10-20/h1-5,7-9,11-18,51-64H,6,10H2. The van der Waals surface area contributed by atoms with E-state index in [9.17, 15) is 71.5 Å². The normalized spacial score (nSPS) is 12.8. The molecule has 64 heavy (non-hydrogen) atoms. The average Bonchev–Trinajstić information content (AvgIpc) is 3.88. The molecule has 1 aliphatic rings. The van der Waals surface area contributed by atoms with Gasteiger partial charge in [0, 0.05) is 11.4 Å². The predicted octanol–water partition coefficient (Wildman–Crippen LogP) is 8.83. The second-order valence-electron chi connectivity index (χ2n) is 15.3. The molecule has 0 unspecified atom stereocenters. The van der Waals surface area contributed by atoms with Gasteiger partial charge in [-0.15, -0.1) is 0 Å². The van der Waals surface area contributed by atoms with Crippen LogP contribution in [0.1, 0.15) is 18.4 Å². The number of aromatic nitrogens is 2. The number of aromatic hydroxyl groups is 14. The molecule has 0 saturated carbocycles. The van der Waals surface area contributed by atoms with Crippen LogP contribution in [0.3, 0.4) is 0 Å². The molecule has 2 aromatic heterocycles. The molecule has 0 fully saturated rings. The lowest BCUT2D eigenvalue weighted by atomic mass is 9.94. The number of phenolic OH excluding ortho intramolecular Hbond substituents is 14. The molecule has 0 spiro atoms. The van der Waals surface area contributed by atoms with Crippen molar-refractivity contribution in [3.05, 3.63) is 103 Å². The number of fused-ring (bicyclic) bond motifs is 6. The molecule has 0 aliphatic heterocycles. The molecule has 16 nitrogen and oxygen atoms in total. The zero-order valence-corrected chi connectivity index (χ0v) is 32.8. The number of allylic oxidation sites excluding steroid dienone is 4. The van der Waals surface area contributed by atoms with Gasteiger partial charge in [0.25, 0.3) is 0 Å². The largest absolute Gasteiger partial charge is 0.506 e. The van der Waals surface area contributed by atoms with E-state index in [1.165, 1.54) is 12.1 Å². The summed E-state index contributed by atoms with van der Waals surface area (Å²) in [5, 5.41) is 158. The minimum atomic E-state index is -1.26. The molecule has 320 valence electrons.